The van der Waals surface area contributed by atoms with E-state index in [1.165, 1.54) is 0 Å². The van der Waals surface area contributed by atoms with E-state index in [9.17, 15) is 9.00 Å². The molecule has 2 aromatic carbocycles. The SMILES string of the molecule is Cc1ccc(S(=O)C(C)C)c(Nc2nc(Nc3cc4c(cc3OC(C)C)CN(C3CCN(C)CC3)C4=O)nc3[nH]ncc23)c1. The van der Waals surface area contributed by atoms with E-state index in [1.807, 2.05) is 69.9 Å². The second-order valence-corrected chi connectivity index (χ2v) is 14.2. The predicted molar refractivity (Wildman–Crippen MR) is 174 cm³/mol. The quantitative estimate of drug-likeness (QED) is 0.223. The Morgan fingerprint density at radius 1 is 1.05 bits per heavy atom. The molecule has 2 aliphatic heterocycles. The normalized spacial score (nSPS) is 16.6. The summed E-state index contributed by atoms with van der Waals surface area (Å²) in [5.74, 6) is 1.49. The van der Waals surface area contributed by atoms with Gasteiger partial charge >= 0.3 is 0 Å². The van der Waals surface area contributed by atoms with Crippen molar-refractivity contribution in [3.05, 3.63) is 53.2 Å². The zero-order valence-electron chi connectivity index (χ0n) is 26.1. The summed E-state index contributed by atoms with van der Waals surface area (Å²) in [5, 5.41) is 14.5. The van der Waals surface area contributed by atoms with Gasteiger partial charge in [0.2, 0.25) is 5.95 Å². The van der Waals surface area contributed by atoms with Crippen molar-refractivity contribution in [1.82, 2.24) is 30.0 Å². The lowest BCUT2D eigenvalue weighted by molar-refractivity contribution is 0.0617. The van der Waals surface area contributed by atoms with Crippen molar-refractivity contribution in [2.24, 2.45) is 0 Å². The Kier molecular flexibility index (Phi) is 8.30. The summed E-state index contributed by atoms with van der Waals surface area (Å²) in [6.07, 6.45) is 3.52. The van der Waals surface area contributed by atoms with Crippen molar-refractivity contribution in [1.29, 1.82) is 0 Å². The summed E-state index contributed by atoms with van der Waals surface area (Å²) in [6.45, 7) is 12.4. The molecule has 11 nitrogen and oxygen atoms in total. The number of rotatable bonds is 9. The van der Waals surface area contributed by atoms with Gasteiger partial charge in [-0.15, -0.1) is 0 Å². The summed E-state index contributed by atoms with van der Waals surface area (Å²) in [6, 6.07) is 9.88. The van der Waals surface area contributed by atoms with E-state index in [1.54, 1.807) is 6.20 Å². The summed E-state index contributed by atoms with van der Waals surface area (Å²) >= 11 is 0. The highest BCUT2D eigenvalue weighted by molar-refractivity contribution is 7.85. The smallest absolute Gasteiger partial charge is 0.254 e. The number of ether oxygens (including phenoxy) is 1. The van der Waals surface area contributed by atoms with Gasteiger partial charge in [-0.2, -0.15) is 15.1 Å². The molecule has 0 bridgehead atoms. The molecular weight excluding hydrogens is 576 g/mol. The largest absolute Gasteiger partial charge is 0.489 e. The number of hydrogen-bond donors (Lipinski definition) is 3. The van der Waals surface area contributed by atoms with Crippen LogP contribution in [0.4, 0.5) is 23.1 Å². The highest BCUT2D eigenvalue weighted by Gasteiger charge is 2.35. The fraction of sp³-hybridized carbons (Fsp3) is 0.438. The first-order valence-electron chi connectivity index (χ1n) is 15.2. The van der Waals surface area contributed by atoms with E-state index in [0.29, 0.717) is 56.9 Å². The van der Waals surface area contributed by atoms with Gasteiger partial charge in [-0.05, 0) is 89.1 Å². The van der Waals surface area contributed by atoms with Gasteiger partial charge in [0.05, 0.1) is 44.8 Å². The first-order valence-corrected chi connectivity index (χ1v) is 16.4. The summed E-state index contributed by atoms with van der Waals surface area (Å²) < 4.78 is 19.4. The number of piperidine rings is 1. The van der Waals surface area contributed by atoms with Crippen molar-refractivity contribution in [2.45, 2.75) is 76.3 Å². The zero-order valence-corrected chi connectivity index (χ0v) is 26.9. The van der Waals surface area contributed by atoms with Gasteiger partial charge in [0, 0.05) is 23.4 Å². The standard InChI is InChI=1S/C32H40N8O3S/c1-18(2)43-27-14-21-17-40(22-9-11-39(6)12-10-22)31(41)23(21)15-25(27)35-32-36-29(24-16-33-38-30(24)37-32)34-26-13-20(5)7-8-28(26)44(42)19(3)4/h7-8,13-16,18-19,22H,9-12,17H2,1-6H3,(H3,33,34,35,36,37,38). The molecule has 232 valence electrons. The van der Waals surface area contributed by atoms with Crippen molar-refractivity contribution in [3.8, 4) is 5.75 Å². The molecule has 44 heavy (non-hydrogen) atoms. The Morgan fingerprint density at radius 3 is 2.55 bits per heavy atom. The molecule has 2 aromatic heterocycles. The molecule has 2 aliphatic rings. The van der Waals surface area contributed by atoms with Crippen LogP contribution in [0, 0.1) is 6.92 Å². The van der Waals surface area contributed by atoms with Crippen LogP contribution >= 0.6 is 0 Å². The van der Waals surface area contributed by atoms with Gasteiger partial charge < -0.3 is 25.2 Å². The molecule has 1 fully saturated rings. The van der Waals surface area contributed by atoms with E-state index >= 15 is 0 Å². The number of amides is 1. The van der Waals surface area contributed by atoms with Crippen molar-refractivity contribution in [2.75, 3.05) is 30.8 Å². The Labute approximate surface area is 260 Å². The fourth-order valence-corrected chi connectivity index (χ4v) is 6.85. The van der Waals surface area contributed by atoms with Gasteiger partial charge in [-0.1, -0.05) is 19.9 Å². The number of anilines is 4. The molecule has 3 N–H and O–H groups in total. The van der Waals surface area contributed by atoms with Gasteiger partial charge in [0.1, 0.15) is 11.6 Å². The van der Waals surface area contributed by atoms with E-state index in [2.05, 4.69) is 37.8 Å². The van der Waals surface area contributed by atoms with Gasteiger partial charge in [0.25, 0.3) is 5.91 Å². The monoisotopic (exact) mass is 616 g/mol. The van der Waals surface area contributed by atoms with Crippen LogP contribution in [-0.2, 0) is 17.3 Å². The summed E-state index contributed by atoms with van der Waals surface area (Å²) in [5.41, 5.74) is 4.52. The maximum absolute atomic E-state index is 13.6. The lowest BCUT2D eigenvalue weighted by atomic mass is 10.0. The number of aryl methyl sites for hydroxylation is 1. The first-order chi connectivity index (χ1) is 21.1. The molecule has 4 aromatic rings. The van der Waals surface area contributed by atoms with E-state index in [0.717, 1.165) is 37.1 Å². The topological polar surface area (TPSA) is 128 Å². The third kappa shape index (κ3) is 6.00. The minimum absolute atomic E-state index is 0.0473. The Morgan fingerprint density at radius 2 is 1.82 bits per heavy atom. The third-order valence-electron chi connectivity index (χ3n) is 8.12. The van der Waals surface area contributed by atoms with Crippen LogP contribution in [-0.4, -0.2) is 77.6 Å². The number of fused-ring (bicyclic) bond motifs is 2. The van der Waals surface area contributed by atoms with Gasteiger partial charge in [0.15, 0.2) is 5.65 Å². The lowest BCUT2D eigenvalue weighted by Crippen LogP contribution is -2.43. The van der Waals surface area contributed by atoms with E-state index in [-0.39, 0.29) is 23.3 Å². The summed E-state index contributed by atoms with van der Waals surface area (Å²) in [7, 11) is 0.916. The average Bonchev–Trinajstić information content (AvgIpc) is 3.57. The molecular formula is C32H40N8O3S. The Balaban J connectivity index is 1.35. The highest BCUT2D eigenvalue weighted by Crippen LogP contribution is 2.38. The number of carbonyl (C=O) groups is 1. The fourth-order valence-electron chi connectivity index (χ4n) is 5.82. The molecule has 0 spiro atoms. The van der Waals surface area contributed by atoms with E-state index in [4.69, 9.17) is 9.72 Å². The van der Waals surface area contributed by atoms with E-state index < -0.39 is 10.8 Å². The maximum Gasteiger partial charge on any atom is 0.254 e. The predicted octanol–water partition coefficient (Wildman–Crippen LogP) is 5.50. The number of hydrogen-bond acceptors (Lipinski definition) is 9. The molecule has 0 saturated carbocycles. The third-order valence-corrected chi connectivity index (χ3v) is 9.76. The number of nitrogens with one attached hydrogen (secondary N) is 3. The molecule has 1 saturated heterocycles. The Bertz CT molecular complexity index is 1730. The van der Waals surface area contributed by atoms with Gasteiger partial charge in [-0.3, -0.25) is 14.1 Å². The number of aromatic amines is 1. The van der Waals surface area contributed by atoms with Crippen LogP contribution in [0.2, 0.25) is 0 Å². The van der Waals surface area contributed by atoms with Crippen molar-refractivity contribution >= 4 is 50.9 Å². The molecule has 0 radical (unpaired) electrons. The highest BCUT2D eigenvalue weighted by atomic mass is 32.2. The number of benzene rings is 2. The van der Waals surface area contributed by atoms with Crippen molar-refractivity contribution < 1.29 is 13.7 Å². The van der Waals surface area contributed by atoms with Crippen LogP contribution in [0.15, 0.2) is 41.4 Å². The second kappa shape index (κ2) is 12.2. The van der Waals surface area contributed by atoms with Crippen LogP contribution in [0.25, 0.3) is 11.0 Å². The minimum Gasteiger partial charge on any atom is -0.489 e. The lowest BCUT2D eigenvalue weighted by Gasteiger charge is -2.34. The molecule has 4 heterocycles. The zero-order chi connectivity index (χ0) is 31.1. The average molecular weight is 617 g/mol. The molecule has 6 rings (SSSR count). The minimum atomic E-state index is -1.21. The number of nitrogens with zero attached hydrogens (tertiary/aromatic N) is 5. The van der Waals surface area contributed by atoms with Crippen LogP contribution < -0.4 is 15.4 Å². The van der Waals surface area contributed by atoms with Crippen LogP contribution in [0.3, 0.4) is 0 Å². The maximum atomic E-state index is 13.6. The van der Waals surface area contributed by atoms with Crippen molar-refractivity contribution in [3.63, 3.8) is 0 Å². The van der Waals surface area contributed by atoms with Crippen LogP contribution in [0.5, 0.6) is 5.75 Å². The molecule has 1 amide bonds. The second-order valence-electron chi connectivity index (χ2n) is 12.3. The van der Waals surface area contributed by atoms with Gasteiger partial charge in [-0.25, -0.2) is 0 Å². The molecule has 0 aliphatic carbocycles. The number of likely N-dealkylation sites (tertiary alicyclic amines) is 1. The number of aromatic nitrogens is 4. The van der Waals surface area contributed by atoms with Crippen LogP contribution in [0.1, 0.15) is 62.0 Å². The Hall–Kier alpha value is -4.03. The molecule has 1 unspecified atom stereocenters. The number of carbonyl (C=O) groups excluding carboxylic acids is 1. The molecule has 1 atom stereocenters. The number of H-pyrrole nitrogens is 1. The first kappa shape index (κ1) is 30.0. The summed E-state index contributed by atoms with van der Waals surface area (Å²) in [4.78, 5) is 28.2. The molecule has 12 heteroatoms.